The normalized spacial score (nSPS) is 29.4. The van der Waals surface area contributed by atoms with Crippen LogP contribution in [0.1, 0.15) is 96.6 Å². The summed E-state index contributed by atoms with van der Waals surface area (Å²) in [6.07, 6.45) is 9.51. The number of allylic oxidation sites excluding steroid dienone is 1. The molecule has 6 atom stereocenters. The maximum atomic E-state index is 14.6. The molecule has 2 N–H and O–H groups in total. The third kappa shape index (κ3) is 7.92. The third-order valence-corrected chi connectivity index (χ3v) is 14.0. The number of carbonyl (C=O) groups is 4. The lowest BCUT2D eigenvalue weighted by atomic mass is 9.95. The van der Waals surface area contributed by atoms with Crippen LogP contribution in [0.4, 0.5) is 0 Å². The Morgan fingerprint density at radius 2 is 1.87 bits per heavy atom. The predicted molar refractivity (Wildman–Crippen MR) is 198 cm³/mol. The van der Waals surface area contributed by atoms with Crippen LogP contribution in [-0.2, 0) is 33.9 Å². The highest BCUT2D eigenvalue weighted by molar-refractivity contribution is 7.91. The molecule has 1 saturated heterocycles. The lowest BCUT2D eigenvalue weighted by Gasteiger charge is -2.29. The highest BCUT2D eigenvalue weighted by atomic mass is 32.2. The number of sulfonamides is 1. The van der Waals surface area contributed by atoms with Crippen LogP contribution in [-0.4, -0.2) is 89.2 Å². The molecule has 15 heteroatoms. The van der Waals surface area contributed by atoms with Gasteiger partial charge in [0.05, 0.1) is 35.9 Å². The summed E-state index contributed by atoms with van der Waals surface area (Å²) in [6, 6.07) is 4.26. The quantitative estimate of drug-likeness (QED) is 0.263. The summed E-state index contributed by atoms with van der Waals surface area (Å²) in [5.74, 6) is -2.16. The number of nitrogens with zero attached hydrogens (tertiary/aromatic N) is 3. The van der Waals surface area contributed by atoms with Crippen molar-refractivity contribution in [1.82, 2.24) is 24.9 Å². The average Bonchev–Trinajstić information content (AvgIpc) is 4.06. The molecule has 7 rings (SSSR count). The van der Waals surface area contributed by atoms with Gasteiger partial charge in [-0.3, -0.25) is 23.9 Å². The molecule has 0 bridgehead atoms. The maximum Gasteiger partial charge on any atom is 0.306 e. The van der Waals surface area contributed by atoms with Gasteiger partial charge in [-0.15, -0.1) is 0 Å². The number of aryl methyl sites for hydroxylation is 1. The molecule has 292 valence electrons. The molecule has 3 aliphatic carbocycles. The van der Waals surface area contributed by atoms with E-state index in [4.69, 9.17) is 14.2 Å². The Balaban J connectivity index is 1.17. The molecule has 2 aromatic rings. The number of rotatable bonds is 10. The Kier molecular flexibility index (Phi) is 10.4. The number of carbonyl (C=O) groups excluding carboxylic acids is 4. The van der Waals surface area contributed by atoms with Crippen LogP contribution in [0.25, 0.3) is 11.0 Å². The van der Waals surface area contributed by atoms with Crippen molar-refractivity contribution in [3.05, 3.63) is 36.0 Å². The summed E-state index contributed by atoms with van der Waals surface area (Å²) < 4.78 is 45.0. The van der Waals surface area contributed by atoms with Crippen molar-refractivity contribution in [2.24, 2.45) is 17.8 Å². The fraction of sp³-hybridized carbons (Fsp3) is 0.641. The Hall–Kier alpha value is -4.27. The third-order valence-electron chi connectivity index (χ3n) is 11.9. The maximum absolute atomic E-state index is 14.6. The van der Waals surface area contributed by atoms with E-state index in [1.807, 2.05) is 19.1 Å². The van der Waals surface area contributed by atoms with Gasteiger partial charge >= 0.3 is 5.97 Å². The molecular weight excluding hydrogens is 715 g/mol. The van der Waals surface area contributed by atoms with Gasteiger partial charge in [0.2, 0.25) is 27.7 Å². The zero-order valence-electron chi connectivity index (χ0n) is 31.5. The molecule has 4 fully saturated rings. The molecule has 2 aliphatic heterocycles. The lowest BCUT2D eigenvalue weighted by molar-refractivity contribution is -0.154. The molecule has 0 radical (unpaired) electrons. The number of benzene rings is 1. The molecule has 3 saturated carbocycles. The van der Waals surface area contributed by atoms with E-state index in [2.05, 4.69) is 20.0 Å². The number of hydrogen-bond acceptors (Lipinski definition) is 11. The van der Waals surface area contributed by atoms with E-state index in [9.17, 15) is 27.6 Å². The second-order valence-electron chi connectivity index (χ2n) is 16.1. The molecule has 3 amide bonds. The molecule has 3 heterocycles. The van der Waals surface area contributed by atoms with Gasteiger partial charge in [0.1, 0.15) is 35.2 Å². The number of hydrogen-bond donors (Lipinski definition) is 2. The number of methoxy groups -OCH3 is 1. The van der Waals surface area contributed by atoms with E-state index >= 15 is 0 Å². The zero-order chi connectivity index (χ0) is 38.4. The van der Waals surface area contributed by atoms with Crippen molar-refractivity contribution >= 4 is 44.7 Å². The molecule has 0 spiro atoms. The van der Waals surface area contributed by atoms with Crippen molar-refractivity contribution in [3.8, 4) is 11.6 Å². The fourth-order valence-electron chi connectivity index (χ4n) is 7.70. The fourth-order valence-corrected chi connectivity index (χ4v) is 9.01. The van der Waals surface area contributed by atoms with Gasteiger partial charge in [-0.1, -0.05) is 25.0 Å². The van der Waals surface area contributed by atoms with Crippen LogP contribution in [0, 0.1) is 24.7 Å². The highest BCUT2D eigenvalue weighted by Gasteiger charge is 2.63. The van der Waals surface area contributed by atoms with E-state index in [1.54, 1.807) is 39.2 Å². The second kappa shape index (κ2) is 14.8. The zero-order valence-corrected chi connectivity index (χ0v) is 32.3. The molecule has 0 unspecified atom stereocenters. The molecule has 14 nitrogen and oxygen atoms in total. The summed E-state index contributed by atoms with van der Waals surface area (Å²) in [4.78, 5) is 66.8. The van der Waals surface area contributed by atoms with Crippen LogP contribution < -0.4 is 19.5 Å². The van der Waals surface area contributed by atoms with Crippen LogP contribution in [0.3, 0.4) is 0 Å². The van der Waals surface area contributed by atoms with E-state index < -0.39 is 62.1 Å². The highest BCUT2D eigenvalue weighted by Crippen LogP contribution is 2.47. The first-order valence-electron chi connectivity index (χ1n) is 19.3. The van der Waals surface area contributed by atoms with E-state index in [0.717, 1.165) is 32.1 Å². The molecule has 54 heavy (non-hydrogen) atoms. The van der Waals surface area contributed by atoms with E-state index in [0.29, 0.717) is 54.1 Å². The van der Waals surface area contributed by atoms with Crippen molar-refractivity contribution in [2.75, 3.05) is 13.7 Å². The predicted octanol–water partition coefficient (Wildman–Crippen LogP) is 4.04. The number of aromatic nitrogens is 2. The minimum Gasteiger partial charge on any atom is -0.497 e. The largest absolute Gasteiger partial charge is 0.497 e. The number of fused-ring (bicyclic) bond motifs is 3. The average molecular weight is 766 g/mol. The first-order valence-corrected chi connectivity index (χ1v) is 20.7. The topological polar surface area (TPSA) is 183 Å². The first kappa shape index (κ1) is 38.0. The van der Waals surface area contributed by atoms with Gasteiger partial charge in [0.25, 0.3) is 5.91 Å². The standard InChI is InChI=1S/C39H51N5O9S/c1-23-35(41-31-19-28(51-4)14-15-30(31)40-23)53-29-20-32-34(46)42-39(37(48)43-54(49,50)38(3)16-17-38)21-27(39)11-9-7-5-6-8-10-26(36(47)44(32)22-29)18-33(45)52-24(2)25-12-13-25/h9,11,14-15,19,24-27,29,32H,5-8,10,12-13,16-18,20-22H2,1-4H3,(H,42,46)(H,43,48)/b11-9-/t24-,26+,27+,29+,32-,39+/m0/s1. The Labute approximate surface area is 316 Å². The van der Waals surface area contributed by atoms with Crippen LogP contribution >= 0.6 is 0 Å². The van der Waals surface area contributed by atoms with Gasteiger partial charge in [-0.05, 0) is 90.2 Å². The molecule has 5 aliphatic rings. The Bertz CT molecular complexity index is 1960. The number of amides is 3. The van der Waals surface area contributed by atoms with Crippen LogP contribution in [0.15, 0.2) is 30.4 Å². The van der Waals surface area contributed by atoms with Crippen molar-refractivity contribution in [2.45, 2.75) is 126 Å². The monoisotopic (exact) mass is 765 g/mol. The summed E-state index contributed by atoms with van der Waals surface area (Å²) in [6.45, 7) is 5.26. The first-order chi connectivity index (χ1) is 25.7. The number of nitrogens with one attached hydrogen (secondary N) is 2. The van der Waals surface area contributed by atoms with Gasteiger partial charge in [0, 0.05) is 24.3 Å². The van der Waals surface area contributed by atoms with Crippen LogP contribution in [0.5, 0.6) is 11.6 Å². The number of ether oxygens (including phenoxy) is 3. The molecule has 1 aromatic heterocycles. The van der Waals surface area contributed by atoms with Crippen molar-refractivity contribution < 1.29 is 41.8 Å². The minimum absolute atomic E-state index is 0.0213. The lowest BCUT2D eigenvalue weighted by Crippen LogP contribution is -2.57. The van der Waals surface area contributed by atoms with Crippen LogP contribution in [0.2, 0.25) is 0 Å². The van der Waals surface area contributed by atoms with E-state index in [1.165, 1.54) is 4.90 Å². The Morgan fingerprint density at radius 1 is 1.09 bits per heavy atom. The number of esters is 1. The summed E-state index contributed by atoms with van der Waals surface area (Å²) in [5, 5.41) is 2.91. The van der Waals surface area contributed by atoms with Crippen molar-refractivity contribution in [1.29, 1.82) is 0 Å². The molecular formula is C39H51N5O9S. The SMILES string of the molecule is COc1ccc2nc(C)c(O[C@@H]3C[C@H]4C(=O)N[C@]5(C(=O)NS(=O)(=O)C6(C)CC6)C[C@H]5/C=C\CCCCC[C@H](CC(=O)O[C@@H](C)C5CC5)C(=O)N4C3)nc2c1. The van der Waals surface area contributed by atoms with Gasteiger partial charge in [0.15, 0.2) is 0 Å². The smallest absolute Gasteiger partial charge is 0.306 e. The van der Waals surface area contributed by atoms with Crippen molar-refractivity contribution in [3.63, 3.8) is 0 Å². The van der Waals surface area contributed by atoms with Gasteiger partial charge in [-0.25, -0.2) is 18.4 Å². The minimum atomic E-state index is -3.98. The second-order valence-corrected chi connectivity index (χ2v) is 18.3. The van der Waals surface area contributed by atoms with Gasteiger partial charge < -0.3 is 24.4 Å². The Morgan fingerprint density at radius 3 is 2.59 bits per heavy atom. The van der Waals surface area contributed by atoms with Gasteiger partial charge in [-0.2, -0.15) is 0 Å². The summed E-state index contributed by atoms with van der Waals surface area (Å²) >= 11 is 0. The van der Waals surface area contributed by atoms with E-state index in [-0.39, 0.29) is 43.7 Å². The molecule has 1 aromatic carbocycles. The summed E-state index contributed by atoms with van der Waals surface area (Å²) in [7, 11) is -2.42. The summed E-state index contributed by atoms with van der Waals surface area (Å²) in [5.41, 5.74) is 0.217.